The molecule has 1 aromatic heterocycles. The largest absolute Gasteiger partial charge is 0.494 e. The van der Waals surface area contributed by atoms with E-state index in [1.807, 2.05) is 63.2 Å². The van der Waals surface area contributed by atoms with E-state index in [0.29, 0.717) is 12.4 Å². The molecular formula is C21H22N4O2. The lowest BCUT2D eigenvalue weighted by atomic mass is 10.1. The van der Waals surface area contributed by atoms with Crippen LogP contribution in [0.5, 0.6) is 5.75 Å². The minimum Gasteiger partial charge on any atom is -0.494 e. The number of hydrogen-bond donors (Lipinski definition) is 2. The fourth-order valence-corrected chi connectivity index (χ4v) is 2.66. The van der Waals surface area contributed by atoms with Gasteiger partial charge in [0.05, 0.1) is 6.61 Å². The summed E-state index contributed by atoms with van der Waals surface area (Å²) in [6.45, 7) is 6.49. The number of rotatable bonds is 6. The molecule has 0 saturated carbocycles. The van der Waals surface area contributed by atoms with Crippen molar-refractivity contribution in [1.82, 2.24) is 10.2 Å². The fraction of sp³-hybridized carbons (Fsp3) is 0.190. The van der Waals surface area contributed by atoms with Gasteiger partial charge in [-0.1, -0.05) is 18.2 Å². The lowest BCUT2D eigenvalue weighted by molar-refractivity contribution is 0.102. The minimum atomic E-state index is -0.285. The Labute approximate surface area is 158 Å². The van der Waals surface area contributed by atoms with Gasteiger partial charge in [0.2, 0.25) is 0 Å². The van der Waals surface area contributed by atoms with Crippen LogP contribution >= 0.6 is 0 Å². The molecule has 1 heterocycles. The van der Waals surface area contributed by atoms with Crippen LogP contribution in [0.25, 0.3) is 0 Å². The van der Waals surface area contributed by atoms with E-state index < -0.39 is 0 Å². The molecule has 0 aliphatic carbocycles. The molecule has 0 fully saturated rings. The molecule has 1 amide bonds. The molecule has 0 aliphatic heterocycles. The van der Waals surface area contributed by atoms with Gasteiger partial charge in [0.25, 0.3) is 5.91 Å². The van der Waals surface area contributed by atoms with Crippen molar-refractivity contribution in [3.05, 3.63) is 71.4 Å². The molecule has 0 spiro atoms. The maximum absolute atomic E-state index is 12.4. The Morgan fingerprint density at radius 2 is 1.67 bits per heavy atom. The van der Waals surface area contributed by atoms with Crippen LogP contribution < -0.4 is 15.4 Å². The second-order valence-corrected chi connectivity index (χ2v) is 6.11. The first-order valence-electron chi connectivity index (χ1n) is 8.78. The third-order valence-electron chi connectivity index (χ3n) is 4.05. The Hall–Kier alpha value is -3.41. The molecule has 0 radical (unpaired) electrons. The van der Waals surface area contributed by atoms with Crippen molar-refractivity contribution in [3.8, 4) is 5.75 Å². The highest BCUT2D eigenvalue weighted by Crippen LogP contribution is 2.21. The van der Waals surface area contributed by atoms with Crippen LogP contribution in [0.1, 0.15) is 28.5 Å². The average Bonchev–Trinajstić information content (AvgIpc) is 2.67. The van der Waals surface area contributed by atoms with Crippen molar-refractivity contribution in [2.45, 2.75) is 20.8 Å². The van der Waals surface area contributed by atoms with Crippen LogP contribution in [0.15, 0.2) is 54.6 Å². The smallest absolute Gasteiger partial charge is 0.276 e. The van der Waals surface area contributed by atoms with Gasteiger partial charge < -0.3 is 15.4 Å². The Kier molecular flexibility index (Phi) is 5.66. The van der Waals surface area contributed by atoms with Gasteiger partial charge in [0.15, 0.2) is 11.5 Å². The molecule has 138 valence electrons. The molecule has 2 N–H and O–H groups in total. The van der Waals surface area contributed by atoms with Gasteiger partial charge in [0, 0.05) is 11.4 Å². The van der Waals surface area contributed by atoms with E-state index in [-0.39, 0.29) is 11.6 Å². The van der Waals surface area contributed by atoms with E-state index in [4.69, 9.17) is 4.74 Å². The number of anilines is 3. The maximum Gasteiger partial charge on any atom is 0.276 e. The first kappa shape index (κ1) is 18.4. The first-order chi connectivity index (χ1) is 13.1. The lowest BCUT2D eigenvalue weighted by Crippen LogP contribution is -2.16. The molecule has 3 rings (SSSR count). The van der Waals surface area contributed by atoms with Crippen LogP contribution in [0.3, 0.4) is 0 Å². The number of nitrogens with zero attached hydrogens (tertiary/aromatic N) is 2. The highest BCUT2D eigenvalue weighted by molar-refractivity contribution is 6.03. The number of ether oxygens (including phenoxy) is 1. The number of aromatic nitrogens is 2. The topological polar surface area (TPSA) is 76.1 Å². The van der Waals surface area contributed by atoms with E-state index in [9.17, 15) is 4.79 Å². The summed E-state index contributed by atoms with van der Waals surface area (Å²) in [5.41, 5.74) is 3.94. The number of benzene rings is 2. The zero-order valence-corrected chi connectivity index (χ0v) is 15.6. The Balaban J connectivity index is 1.66. The highest BCUT2D eigenvalue weighted by atomic mass is 16.5. The summed E-state index contributed by atoms with van der Waals surface area (Å²) in [5, 5.41) is 14.2. The van der Waals surface area contributed by atoms with Crippen LogP contribution in [0.4, 0.5) is 17.2 Å². The minimum absolute atomic E-state index is 0.259. The molecule has 3 aromatic rings. The Morgan fingerprint density at radius 1 is 0.963 bits per heavy atom. The van der Waals surface area contributed by atoms with Crippen LogP contribution in [0.2, 0.25) is 0 Å². The van der Waals surface area contributed by atoms with Crippen molar-refractivity contribution in [3.63, 3.8) is 0 Å². The van der Waals surface area contributed by atoms with Gasteiger partial charge in [-0.2, -0.15) is 0 Å². The number of hydrogen-bond acceptors (Lipinski definition) is 5. The molecule has 27 heavy (non-hydrogen) atoms. The maximum atomic E-state index is 12.4. The van der Waals surface area contributed by atoms with Crippen molar-refractivity contribution in [2.24, 2.45) is 0 Å². The van der Waals surface area contributed by atoms with E-state index in [1.165, 1.54) is 0 Å². The molecule has 0 bridgehead atoms. The normalized spacial score (nSPS) is 10.3. The van der Waals surface area contributed by atoms with Crippen molar-refractivity contribution < 1.29 is 9.53 Å². The molecule has 0 atom stereocenters. The molecule has 0 aliphatic rings. The van der Waals surface area contributed by atoms with E-state index >= 15 is 0 Å². The number of aryl methyl sites for hydroxylation is 2. The molecule has 0 saturated heterocycles. The monoisotopic (exact) mass is 362 g/mol. The van der Waals surface area contributed by atoms with Gasteiger partial charge in [-0.25, -0.2) is 0 Å². The van der Waals surface area contributed by atoms with Gasteiger partial charge in [-0.3, -0.25) is 4.79 Å². The summed E-state index contributed by atoms with van der Waals surface area (Å²) in [6, 6.07) is 16.8. The highest BCUT2D eigenvalue weighted by Gasteiger charge is 2.11. The number of nitrogens with one attached hydrogen (secondary N) is 2. The molecular weight excluding hydrogens is 340 g/mol. The predicted octanol–water partition coefficient (Wildman–Crippen LogP) is 4.49. The zero-order valence-electron chi connectivity index (χ0n) is 15.6. The number of amides is 1. The molecule has 0 unspecified atom stereocenters. The van der Waals surface area contributed by atoms with Crippen LogP contribution in [0, 0.1) is 13.8 Å². The summed E-state index contributed by atoms with van der Waals surface area (Å²) in [4.78, 5) is 12.4. The first-order valence-corrected chi connectivity index (χ1v) is 8.78. The predicted molar refractivity (Wildman–Crippen MR) is 107 cm³/mol. The number of carbonyl (C=O) groups excluding carboxylic acids is 1. The molecule has 6 nitrogen and oxygen atoms in total. The Morgan fingerprint density at radius 3 is 2.26 bits per heavy atom. The van der Waals surface area contributed by atoms with E-state index in [1.54, 1.807) is 12.1 Å². The molecule has 6 heteroatoms. The summed E-state index contributed by atoms with van der Waals surface area (Å²) >= 11 is 0. The lowest BCUT2D eigenvalue weighted by Gasteiger charge is -2.11. The molecule has 2 aromatic carbocycles. The quantitative estimate of drug-likeness (QED) is 0.676. The van der Waals surface area contributed by atoms with E-state index in [2.05, 4.69) is 20.8 Å². The van der Waals surface area contributed by atoms with Crippen LogP contribution in [-0.2, 0) is 0 Å². The summed E-state index contributed by atoms with van der Waals surface area (Å²) in [6.07, 6.45) is 0. The van der Waals surface area contributed by atoms with Crippen molar-refractivity contribution in [2.75, 3.05) is 17.2 Å². The van der Waals surface area contributed by atoms with Gasteiger partial charge in [-0.05, 0) is 68.3 Å². The van der Waals surface area contributed by atoms with Gasteiger partial charge in [-0.15, -0.1) is 10.2 Å². The van der Waals surface area contributed by atoms with Gasteiger partial charge in [0.1, 0.15) is 5.75 Å². The summed E-state index contributed by atoms with van der Waals surface area (Å²) < 4.78 is 5.42. The second-order valence-electron chi connectivity index (χ2n) is 6.11. The summed E-state index contributed by atoms with van der Waals surface area (Å²) in [5.74, 6) is 1.09. The summed E-state index contributed by atoms with van der Waals surface area (Å²) in [7, 11) is 0. The van der Waals surface area contributed by atoms with E-state index in [0.717, 1.165) is 28.3 Å². The zero-order chi connectivity index (χ0) is 19.2. The second kappa shape index (κ2) is 8.31. The Bertz CT molecular complexity index is 902. The average molecular weight is 362 g/mol. The van der Waals surface area contributed by atoms with Crippen LogP contribution in [-0.4, -0.2) is 22.7 Å². The standard InChI is InChI=1S/C21H22N4O2/c1-4-27-17-10-8-16(9-11-17)22-19-13-12-18(24-25-19)21(26)23-20-14(2)6-5-7-15(20)3/h5-13H,4H2,1-3H3,(H,22,25)(H,23,26). The fourth-order valence-electron chi connectivity index (χ4n) is 2.66. The van der Waals surface area contributed by atoms with Gasteiger partial charge >= 0.3 is 0 Å². The number of carbonyl (C=O) groups is 1. The third kappa shape index (κ3) is 4.61. The number of para-hydroxylation sites is 1. The van der Waals surface area contributed by atoms with Crippen molar-refractivity contribution >= 4 is 23.1 Å². The van der Waals surface area contributed by atoms with Crippen molar-refractivity contribution in [1.29, 1.82) is 0 Å². The third-order valence-corrected chi connectivity index (χ3v) is 4.05. The SMILES string of the molecule is CCOc1ccc(Nc2ccc(C(=O)Nc3c(C)cccc3C)nn2)cc1.